The quantitative estimate of drug-likeness (QED) is 0.242. The van der Waals surface area contributed by atoms with E-state index in [2.05, 4.69) is 20.5 Å². The summed E-state index contributed by atoms with van der Waals surface area (Å²) in [5.41, 5.74) is 6.51. The van der Waals surface area contributed by atoms with E-state index >= 15 is 0 Å². The topological polar surface area (TPSA) is 71.5 Å². The van der Waals surface area contributed by atoms with Crippen LogP contribution in [0.5, 0.6) is 11.5 Å². The van der Waals surface area contributed by atoms with Gasteiger partial charge in [0.15, 0.2) is 11.5 Å². The fourth-order valence-corrected chi connectivity index (χ4v) is 3.28. The third kappa shape index (κ3) is 5.29. The van der Waals surface area contributed by atoms with Gasteiger partial charge in [0.25, 0.3) is 0 Å². The minimum absolute atomic E-state index is 0.345. The number of anilines is 1. The molecule has 0 saturated carbocycles. The number of imidazole rings is 1. The van der Waals surface area contributed by atoms with Crippen LogP contribution < -0.4 is 14.9 Å². The molecular formula is C23H20Cl2N4O2. The first-order valence-corrected chi connectivity index (χ1v) is 10.5. The lowest BCUT2D eigenvalue weighted by Crippen LogP contribution is -2.01. The fourth-order valence-electron chi connectivity index (χ4n) is 2.96. The first kappa shape index (κ1) is 21.0. The number of nitrogens with one attached hydrogen (secondary N) is 2. The normalized spacial score (nSPS) is 11.2. The van der Waals surface area contributed by atoms with Crippen LogP contribution in [-0.4, -0.2) is 22.8 Å². The molecule has 0 spiro atoms. The van der Waals surface area contributed by atoms with E-state index in [0.29, 0.717) is 40.7 Å². The van der Waals surface area contributed by atoms with Gasteiger partial charge in [-0.05, 0) is 60.5 Å². The van der Waals surface area contributed by atoms with Gasteiger partial charge in [0.05, 0.1) is 33.9 Å². The number of hydrazone groups is 1. The number of nitrogens with zero attached hydrogens (tertiary/aromatic N) is 2. The Hall–Kier alpha value is -3.22. The van der Waals surface area contributed by atoms with E-state index in [1.54, 1.807) is 18.3 Å². The third-order valence-corrected chi connectivity index (χ3v) is 5.16. The fraction of sp³-hybridized carbons (Fsp3) is 0.130. The number of hydrogen-bond acceptors (Lipinski definition) is 5. The Bertz CT molecular complexity index is 1190. The van der Waals surface area contributed by atoms with Gasteiger partial charge in [0, 0.05) is 0 Å². The Balaban J connectivity index is 1.44. The van der Waals surface area contributed by atoms with Crippen molar-refractivity contribution in [3.05, 3.63) is 81.8 Å². The van der Waals surface area contributed by atoms with Crippen molar-refractivity contribution in [1.82, 2.24) is 9.97 Å². The van der Waals surface area contributed by atoms with E-state index in [1.165, 1.54) is 0 Å². The SMILES string of the molecule is CCOc1cc(/C=N\Nc2nc3ccccc3[nH]2)ccc1OCc1ccc(Cl)c(Cl)c1. The summed E-state index contributed by atoms with van der Waals surface area (Å²) in [7, 11) is 0. The molecule has 0 atom stereocenters. The van der Waals surface area contributed by atoms with Crippen molar-refractivity contribution in [2.24, 2.45) is 5.10 Å². The zero-order chi connectivity index (χ0) is 21.6. The number of benzene rings is 3. The van der Waals surface area contributed by atoms with Gasteiger partial charge in [-0.1, -0.05) is 41.4 Å². The lowest BCUT2D eigenvalue weighted by atomic mass is 10.2. The van der Waals surface area contributed by atoms with Crippen LogP contribution in [0.3, 0.4) is 0 Å². The predicted octanol–water partition coefficient (Wildman–Crippen LogP) is 6.29. The average Bonchev–Trinajstić information content (AvgIpc) is 3.18. The van der Waals surface area contributed by atoms with Crippen molar-refractivity contribution in [3.8, 4) is 11.5 Å². The maximum absolute atomic E-state index is 6.07. The second-order valence-electron chi connectivity index (χ2n) is 6.65. The van der Waals surface area contributed by atoms with Gasteiger partial charge >= 0.3 is 0 Å². The molecule has 0 aliphatic carbocycles. The van der Waals surface area contributed by atoms with E-state index < -0.39 is 0 Å². The molecule has 31 heavy (non-hydrogen) atoms. The maximum atomic E-state index is 6.07. The molecule has 0 saturated heterocycles. The molecule has 4 aromatic rings. The molecule has 8 heteroatoms. The van der Waals surface area contributed by atoms with Crippen molar-refractivity contribution >= 4 is 46.4 Å². The summed E-state index contributed by atoms with van der Waals surface area (Å²) in [6.45, 7) is 2.78. The van der Waals surface area contributed by atoms with Crippen LogP contribution in [-0.2, 0) is 6.61 Å². The van der Waals surface area contributed by atoms with Gasteiger partial charge in [0.2, 0.25) is 5.95 Å². The predicted molar refractivity (Wildman–Crippen MR) is 126 cm³/mol. The highest BCUT2D eigenvalue weighted by molar-refractivity contribution is 6.42. The molecule has 0 unspecified atom stereocenters. The number of fused-ring (bicyclic) bond motifs is 1. The molecule has 4 rings (SSSR count). The Morgan fingerprint density at radius 1 is 1.00 bits per heavy atom. The van der Waals surface area contributed by atoms with Crippen LogP contribution in [0.2, 0.25) is 10.0 Å². The number of aromatic nitrogens is 2. The summed E-state index contributed by atoms with van der Waals surface area (Å²) in [6.07, 6.45) is 1.69. The first-order chi connectivity index (χ1) is 15.1. The molecule has 0 aliphatic heterocycles. The smallest absolute Gasteiger partial charge is 0.222 e. The van der Waals surface area contributed by atoms with Crippen molar-refractivity contribution in [2.45, 2.75) is 13.5 Å². The molecule has 6 nitrogen and oxygen atoms in total. The zero-order valence-corrected chi connectivity index (χ0v) is 18.2. The van der Waals surface area contributed by atoms with Gasteiger partial charge < -0.3 is 14.5 Å². The second-order valence-corrected chi connectivity index (χ2v) is 7.46. The molecule has 3 aromatic carbocycles. The molecule has 0 radical (unpaired) electrons. The molecule has 0 fully saturated rings. The van der Waals surface area contributed by atoms with Crippen molar-refractivity contribution in [2.75, 3.05) is 12.0 Å². The number of ether oxygens (including phenoxy) is 2. The molecule has 1 heterocycles. The van der Waals surface area contributed by atoms with Crippen LogP contribution in [0.1, 0.15) is 18.1 Å². The van der Waals surface area contributed by atoms with Crippen molar-refractivity contribution in [1.29, 1.82) is 0 Å². The van der Waals surface area contributed by atoms with Crippen LogP contribution in [0.25, 0.3) is 11.0 Å². The highest BCUT2D eigenvalue weighted by Gasteiger charge is 2.08. The number of aromatic amines is 1. The number of halogens is 2. The van der Waals surface area contributed by atoms with Crippen LogP contribution >= 0.6 is 23.2 Å². The first-order valence-electron chi connectivity index (χ1n) is 9.70. The van der Waals surface area contributed by atoms with E-state index in [9.17, 15) is 0 Å². The average molecular weight is 455 g/mol. The van der Waals surface area contributed by atoms with Crippen LogP contribution in [0, 0.1) is 0 Å². The highest BCUT2D eigenvalue weighted by atomic mass is 35.5. The van der Waals surface area contributed by atoms with E-state index in [-0.39, 0.29) is 0 Å². The summed E-state index contributed by atoms with van der Waals surface area (Å²) >= 11 is 12.0. The van der Waals surface area contributed by atoms with Crippen LogP contribution in [0.15, 0.2) is 65.8 Å². The molecular weight excluding hydrogens is 435 g/mol. The Morgan fingerprint density at radius 3 is 2.68 bits per heavy atom. The number of H-pyrrole nitrogens is 1. The summed E-state index contributed by atoms with van der Waals surface area (Å²) in [6, 6.07) is 18.8. The summed E-state index contributed by atoms with van der Waals surface area (Å²) in [5, 5.41) is 5.27. The van der Waals surface area contributed by atoms with Gasteiger partial charge in [-0.3, -0.25) is 0 Å². The van der Waals surface area contributed by atoms with Gasteiger partial charge in [-0.25, -0.2) is 10.4 Å². The molecule has 0 aliphatic rings. The standard InChI is InChI=1S/C23H20Cl2N4O2/c1-2-30-22-12-15(13-26-29-23-27-19-5-3-4-6-20(19)28-23)8-10-21(22)31-14-16-7-9-17(24)18(25)11-16/h3-13H,2,14H2,1H3,(H2,27,28,29)/b26-13-. The minimum atomic E-state index is 0.345. The highest BCUT2D eigenvalue weighted by Crippen LogP contribution is 2.30. The van der Waals surface area contributed by atoms with E-state index in [1.807, 2.05) is 55.5 Å². The van der Waals surface area contributed by atoms with Gasteiger partial charge in [-0.2, -0.15) is 5.10 Å². The van der Waals surface area contributed by atoms with E-state index in [0.717, 1.165) is 22.2 Å². The van der Waals surface area contributed by atoms with Gasteiger partial charge in [0.1, 0.15) is 6.61 Å². The number of hydrogen-bond donors (Lipinski definition) is 2. The molecule has 0 bridgehead atoms. The zero-order valence-electron chi connectivity index (χ0n) is 16.7. The van der Waals surface area contributed by atoms with Crippen molar-refractivity contribution in [3.63, 3.8) is 0 Å². The second kappa shape index (κ2) is 9.73. The largest absolute Gasteiger partial charge is 0.490 e. The number of para-hydroxylation sites is 2. The van der Waals surface area contributed by atoms with E-state index in [4.69, 9.17) is 32.7 Å². The molecule has 0 amide bonds. The monoisotopic (exact) mass is 454 g/mol. The summed E-state index contributed by atoms with van der Waals surface area (Å²) in [4.78, 5) is 7.59. The third-order valence-electron chi connectivity index (χ3n) is 4.42. The minimum Gasteiger partial charge on any atom is -0.490 e. The molecule has 2 N–H and O–H groups in total. The van der Waals surface area contributed by atoms with Crippen molar-refractivity contribution < 1.29 is 9.47 Å². The van der Waals surface area contributed by atoms with Gasteiger partial charge in [-0.15, -0.1) is 0 Å². The number of rotatable bonds is 8. The Labute approximate surface area is 189 Å². The Kier molecular flexibility index (Phi) is 6.60. The maximum Gasteiger partial charge on any atom is 0.222 e. The molecule has 1 aromatic heterocycles. The lowest BCUT2D eigenvalue weighted by molar-refractivity contribution is 0.269. The lowest BCUT2D eigenvalue weighted by Gasteiger charge is -2.13. The summed E-state index contributed by atoms with van der Waals surface area (Å²) < 4.78 is 11.7. The molecule has 158 valence electrons. The van der Waals surface area contributed by atoms with Crippen LogP contribution in [0.4, 0.5) is 5.95 Å². The summed E-state index contributed by atoms with van der Waals surface area (Å²) in [5.74, 6) is 1.84. The Morgan fingerprint density at radius 2 is 1.87 bits per heavy atom.